The average Bonchev–Trinajstić information content (AvgIpc) is 2.77. The Bertz CT molecular complexity index is 550. The van der Waals surface area contributed by atoms with Gasteiger partial charge in [0, 0.05) is 12.3 Å². The quantitative estimate of drug-likeness (QED) is 0.809. The number of hydrogen-bond acceptors (Lipinski definition) is 4. The fraction of sp³-hybridized carbons (Fsp3) is 0.357. The van der Waals surface area contributed by atoms with E-state index in [0.717, 1.165) is 0 Å². The third-order valence-electron chi connectivity index (χ3n) is 2.85. The fourth-order valence-electron chi connectivity index (χ4n) is 1.29. The molecule has 18 heavy (non-hydrogen) atoms. The molecule has 0 aromatic carbocycles. The number of nitrogens with zero attached hydrogens (tertiary/aromatic N) is 3. The van der Waals surface area contributed by atoms with Crippen molar-refractivity contribution in [3.63, 3.8) is 0 Å². The van der Waals surface area contributed by atoms with Crippen molar-refractivity contribution in [3.8, 4) is 11.6 Å². The van der Waals surface area contributed by atoms with E-state index in [-0.39, 0.29) is 5.41 Å². The van der Waals surface area contributed by atoms with Gasteiger partial charge in [-0.15, -0.1) is 10.2 Å². The van der Waals surface area contributed by atoms with Gasteiger partial charge in [0.25, 0.3) is 5.89 Å². The number of aromatic nitrogens is 3. The van der Waals surface area contributed by atoms with E-state index in [9.17, 15) is 0 Å². The number of rotatable bonds is 2. The standard InChI is InChI=1S/C14H17N3O/c1-10(14(2,3)4)9-12-16-17-13(18-12)11-7-5-6-8-15-11/h5-9H,1-4H3/b10-9+. The summed E-state index contributed by atoms with van der Waals surface area (Å²) in [7, 11) is 0. The highest BCUT2D eigenvalue weighted by molar-refractivity contribution is 5.49. The van der Waals surface area contributed by atoms with Crippen molar-refractivity contribution in [1.29, 1.82) is 0 Å². The maximum atomic E-state index is 5.57. The van der Waals surface area contributed by atoms with E-state index < -0.39 is 0 Å². The minimum atomic E-state index is 0.0969. The lowest BCUT2D eigenvalue weighted by Gasteiger charge is -2.18. The molecule has 2 aromatic heterocycles. The molecule has 0 amide bonds. The van der Waals surface area contributed by atoms with Crippen LogP contribution < -0.4 is 0 Å². The molecule has 2 heterocycles. The van der Waals surface area contributed by atoms with Crippen molar-refractivity contribution in [2.45, 2.75) is 27.7 Å². The molecule has 4 nitrogen and oxygen atoms in total. The van der Waals surface area contributed by atoms with Gasteiger partial charge in [0.1, 0.15) is 5.69 Å². The highest BCUT2D eigenvalue weighted by Gasteiger charge is 2.14. The van der Waals surface area contributed by atoms with Crippen LogP contribution in [0.25, 0.3) is 17.7 Å². The smallest absolute Gasteiger partial charge is 0.266 e. The molecule has 0 unspecified atom stereocenters. The van der Waals surface area contributed by atoms with E-state index in [1.54, 1.807) is 6.20 Å². The second-order valence-electron chi connectivity index (χ2n) is 5.24. The van der Waals surface area contributed by atoms with E-state index >= 15 is 0 Å². The first kappa shape index (κ1) is 12.5. The first-order valence-electron chi connectivity index (χ1n) is 5.90. The van der Waals surface area contributed by atoms with Crippen LogP contribution in [0.3, 0.4) is 0 Å². The van der Waals surface area contributed by atoms with Crippen molar-refractivity contribution in [2.75, 3.05) is 0 Å². The third kappa shape index (κ3) is 2.83. The Morgan fingerprint density at radius 2 is 2.00 bits per heavy atom. The first-order chi connectivity index (χ1) is 8.47. The predicted octanol–water partition coefficient (Wildman–Crippen LogP) is 3.58. The molecule has 0 saturated heterocycles. The summed E-state index contributed by atoms with van der Waals surface area (Å²) in [6.45, 7) is 8.50. The van der Waals surface area contributed by atoms with Crippen LogP contribution in [0.1, 0.15) is 33.6 Å². The molecule has 2 aromatic rings. The molecule has 94 valence electrons. The van der Waals surface area contributed by atoms with E-state index in [1.807, 2.05) is 24.3 Å². The van der Waals surface area contributed by atoms with E-state index in [1.165, 1.54) is 5.57 Å². The fourth-order valence-corrected chi connectivity index (χ4v) is 1.29. The molecule has 0 saturated carbocycles. The molecule has 0 bridgehead atoms. The maximum Gasteiger partial charge on any atom is 0.266 e. The van der Waals surface area contributed by atoms with Gasteiger partial charge in [-0.1, -0.05) is 32.4 Å². The van der Waals surface area contributed by atoms with Gasteiger partial charge in [-0.25, -0.2) is 0 Å². The maximum absolute atomic E-state index is 5.57. The van der Waals surface area contributed by atoms with E-state index in [4.69, 9.17) is 4.42 Å². The van der Waals surface area contributed by atoms with Crippen LogP contribution in [-0.4, -0.2) is 15.2 Å². The van der Waals surface area contributed by atoms with Crippen LogP contribution in [-0.2, 0) is 0 Å². The van der Waals surface area contributed by atoms with Crippen LogP contribution in [0.4, 0.5) is 0 Å². The largest absolute Gasteiger partial charge is 0.415 e. The lowest BCUT2D eigenvalue weighted by molar-refractivity contribution is 0.502. The van der Waals surface area contributed by atoms with Gasteiger partial charge in [-0.3, -0.25) is 4.98 Å². The number of allylic oxidation sites excluding steroid dienone is 1. The summed E-state index contributed by atoms with van der Waals surface area (Å²) >= 11 is 0. The van der Waals surface area contributed by atoms with Gasteiger partial charge in [0.05, 0.1) is 0 Å². The molecule has 0 N–H and O–H groups in total. The minimum Gasteiger partial charge on any atom is -0.415 e. The zero-order chi connectivity index (χ0) is 13.2. The van der Waals surface area contributed by atoms with E-state index in [0.29, 0.717) is 17.5 Å². The van der Waals surface area contributed by atoms with Crippen molar-refractivity contribution in [3.05, 3.63) is 35.9 Å². The zero-order valence-electron chi connectivity index (χ0n) is 11.1. The lowest BCUT2D eigenvalue weighted by atomic mass is 9.87. The van der Waals surface area contributed by atoms with Gasteiger partial charge < -0.3 is 4.42 Å². The van der Waals surface area contributed by atoms with Crippen molar-refractivity contribution >= 4 is 6.08 Å². The summed E-state index contributed by atoms with van der Waals surface area (Å²) < 4.78 is 5.57. The number of hydrogen-bond donors (Lipinski definition) is 0. The molecule has 0 spiro atoms. The van der Waals surface area contributed by atoms with Crippen LogP contribution in [0.5, 0.6) is 0 Å². The summed E-state index contributed by atoms with van der Waals surface area (Å²) in [6, 6.07) is 5.59. The van der Waals surface area contributed by atoms with Crippen molar-refractivity contribution < 1.29 is 4.42 Å². The Morgan fingerprint density at radius 3 is 2.61 bits per heavy atom. The highest BCUT2D eigenvalue weighted by atomic mass is 16.4. The summed E-state index contributed by atoms with van der Waals surface area (Å²) in [5.41, 5.74) is 1.98. The molecule has 0 aliphatic carbocycles. The molecule has 0 fully saturated rings. The Balaban J connectivity index is 2.27. The van der Waals surface area contributed by atoms with Gasteiger partial charge in [-0.2, -0.15) is 0 Å². The summed E-state index contributed by atoms with van der Waals surface area (Å²) in [5, 5.41) is 8.01. The lowest BCUT2D eigenvalue weighted by Crippen LogP contribution is -2.05. The predicted molar refractivity (Wildman–Crippen MR) is 70.6 cm³/mol. The molecular formula is C14H17N3O. The monoisotopic (exact) mass is 243 g/mol. The summed E-state index contributed by atoms with van der Waals surface area (Å²) in [4.78, 5) is 4.17. The molecule has 0 atom stereocenters. The normalized spacial score (nSPS) is 12.8. The van der Waals surface area contributed by atoms with Crippen LogP contribution in [0.2, 0.25) is 0 Å². The second kappa shape index (κ2) is 4.72. The van der Waals surface area contributed by atoms with Crippen LogP contribution in [0, 0.1) is 5.41 Å². The molecule has 4 heteroatoms. The van der Waals surface area contributed by atoms with Crippen LogP contribution >= 0.6 is 0 Å². The SMILES string of the molecule is C/C(=C\c1nnc(-c2ccccn2)o1)C(C)(C)C. The van der Waals surface area contributed by atoms with Crippen molar-refractivity contribution in [1.82, 2.24) is 15.2 Å². The average molecular weight is 243 g/mol. The first-order valence-corrected chi connectivity index (χ1v) is 5.90. The highest BCUT2D eigenvalue weighted by Crippen LogP contribution is 2.26. The number of pyridine rings is 1. The molecule has 0 radical (unpaired) electrons. The van der Waals surface area contributed by atoms with E-state index in [2.05, 4.69) is 42.9 Å². The second-order valence-corrected chi connectivity index (χ2v) is 5.24. The molecule has 2 rings (SSSR count). The van der Waals surface area contributed by atoms with Crippen molar-refractivity contribution in [2.24, 2.45) is 5.41 Å². The zero-order valence-corrected chi connectivity index (χ0v) is 11.1. The Kier molecular flexibility index (Phi) is 3.28. The summed E-state index contributed by atoms with van der Waals surface area (Å²) in [6.07, 6.45) is 3.62. The molecule has 0 aliphatic heterocycles. The Morgan fingerprint density at radius 1 is 1.22 bits per heavy atom. The van der Waals surface area contributed by atoms with Crippen LogP contribution in [0.15, 0.2) is 34.4 Å². The third-order valence-corrected chi connectivity index (χ3v) is 2.85. The Hall–Kier alpha value is -1.97. The van der Waals surface area contributed by atoms with Gasteiger partial charge in [-0.05, 0) is 24.5 Å². The minimum absolute atomic E-state index is 0.0969. The summed E-state index contributed by atoms with van der Waals surface area (Å²) in [5.74, 6) is 0.964. The topological polar surface area (TPSA) is 51.8 Å². The Labute approximate surface area is 107 Å². The van der Waals surface area contributed by atoms with Gasteiger partial charge in [0.15, 0.2) is 0 Å². The van der Waals surface area contributed by atoms with Gasteiger partial charge >= 0.3 is 0 Å². The molecule has 0 aliphatic rings. The molecular weight excluding hydrogens is 226 g/mol. The van der Waals surface area contributed by atoms with Gasteiger partial charge in [0.2, 0.25) is 5.89 Å².